The Bertz CT molecular complexity index is 599. The van der Waals surface area contributed by atoms with Crippen molar-refractivity contribution in [2.24, 2.45) is 7.05 Å². The minimum Gasteiger partial charge on any atom is -0.306 e. The molecule has 1 aromatic heterocycles. The average Bonchev–Trinajstić information content (AvgIpc) is 2.77. The molecule has 0 saturated carbocycles. The molecule has 2 rings (SSSR count). The Kier molecular flexibility index (Phi) is 4.23. The van der Waals surface area contributed by atoms with E-state index in [0.717, 1.165) is 5.56 Å². The summed E-state index contributed by atoms with van der Waals surface area (Å²) in [6.45, 7) is 1.13. The molecule has 0 saturated heterocycles. The van der Waals surface area contributed by atoms with Crippen LogP contribution in [0.3, 0.4) is 0 Å². The molecular formula is C11H12BrN5O2. The Morgan fingerprint density at radius 3 is 2.84 bits per heavy atom. The minimum atomic E-state index is -0.417. The van der Waals surface area contributed by atoms with Crippen molar-refractivity contribution in [1.82, 2.24) is 20.1 Å². The summed E-state index contributed by atoms with van der Waals surface area (Å²) in [5, 5.41) is 17.9. The molecule has 8 heteroatoms. The first kappa shape index (κ1) is 13.6. The van der Waals surface area contributed by atoms with Crippen LogP contribution in [0.15, 0.2) is 29.0 Å². The fourth-order valence-electron chi connectivity index (χ4n) is 1.57. The number of rotatable bonds is 5. The molecule has 0 radical (unpaired) electrons. The maximum absolute atomic E-state index is 10.6. The zero-order valence-corrected chi connectivity index (χ0v) is 11.8. The molecule has 1 aromatic carbocycles. The molecule has 1 heterocycles. The third-order valence-corrected chi connectivity index (χ3v) is 3.23. The smallest absolute Gasteiger partial charge is 0.270 e. The first-order chi connectivity index (χ1) is 9.06. The van der Waals surface area contributed by atoms with E-state index in [2.05, 4.69) is 31.3 Å². The van der Waals surface area contributed by atoms with Crippen molar-refractivity contribution in [3.8, 4) is 0 Å². The van der Waals surface area contributed by atoms with Gasteiger partial charge in [0, 0.05) is 30.2 Å². The van der Waals surface area contributed by atoms with E-state index in [1.807, 2.05) is 7.05 Å². The maximum Gasteiger partial charge on any atom is 0.270 e. The van der Waals surface area contributed by atoms with Crippen molar-refractivity contribution in [1.29, 1.82) is 0 Å². The van der Waals surface area contributed by atoms with Gasteiger partial charge < -0.3 is 5.32 Å². The van der Waals surface area contributed by atoms with E-state index in [1.165, 1.54) is 12.1 Å². The lowest BCUT2D eigenvalue weighted by molar-refractivity contribution is -0.384. The summed E-state index contributed by atoms with van der Waals surface area (Å²) in [6, 6.07) is 4.71. The van der Waals surface area contributed by atoms with E-state index in [-0.39, 0.29) is 5.69 Å². The van der Waals surface area contributed by atoms with Crippen LogP contribution >= 0.6 is 15.9 Å². The van der Waals surface area contributed by atoms with Crippen LogP contribution in [-0.2, 0) is 20.1 Å². The third-order valence-electron chi connectivity index (χ3n) is 2.49. The zero-order chi connectivity index (χ0) is 13.8. The van der Waals surface area contributed by atoms with Crippen LogP contribution in [0.5, 0.6) is 0 Å². The largest absolute Gasteiger partial charge is 0.306 e. The zero-order valence-electron chi connectivity index (χ0n) is 10.2. The van der Waals surface area contributed by atoms with E-state index in [1.54, 1.807) is 17.1 Å². The Morgan fingerprint density at radius 1 is 1.47 bits per heavy atom. The van der Waals surface area contributed by atoms with Crippen LogP contribution in [0, 0.1) is 10.1 Å². The third kappa shape index (κ3) is 3.58. The highest BCUT2D eigenvalue weighted by molar-refractivity contribution is 9.10. The second kappa shape index (κ2) is 5.89. The summed E-state index contributed by atoms with van der Waals surface area (Å²) in [6.07, 6.45) is 1.64. The number of nitrogens with zero attached hydrogens (tertiary/aromatic N) is 4. The highest BCUT2D eigenvalue weighted by Gasteiger charge is 2.09. The van der Waals surface area contributed by atoms with Gasteiger partial charge in [-0.25, -0.2) is 4.98 Å². The maximum atomic E-state index is 10.6. The number of non-ortho nitro benzene ring substituents is 1. The summed E-state index contributed by atoms with van der Waals surface area (Å²) in [5.74, 6) is 0.709. The van der Waals surface area contributed by atoms with Gasteiger partial charge in [-0.05, 0) is 11.6 Å². The molecule has 100 valence electrons. The van der Waals surface area contributed by atoms with Gasteiger partial charge >= 0.3 is 0 Å². The number of hydrogen-bond acceptors (Lipinski definition) is 5. The van der Waals surface area contributed by atoms with E-state index >= 15 is 0 Å². The molecule has 0 unspecified atom stereocenters. The van der Waals surface area contributed by atoms with Gasteiger partial charge in [0.2, 0.25) is 0 Å². The highest BCUT2D eigenvalue weighted by atomic mass is 79.9. The molecule has 0 aliphatic heterocycles. The molecule has 0 atom stereocenters. The number of nitrogens with one attached hydrogen (secondary N) is 1. The lowest BCUT2D eigenvalue weighted by Crippen LogP contribution is -2.14. The second-order valence-corrected chi connectivity index (χ2v) is 4.83. The summed E-state index contributed by atoms with van der Waals surface area (Å²) < 4.78 is 2.35. The summed E-state index contributed by atoms with van der Waals surface area (Å²) >= 11 is 3.33. The van der Waals surface area contributed by atoms with Gasteiger partial charge in [-0.3, -0.25) is 14.8 Å². The van der Waals surface area contributed by atoms with Crippen molar-refractivity contribution in [2.45, 2.75) is 13.1 Å². The molecule has 0 amide bonds. The molecule has 0 aliphatic rings. The predicted octanol–water partition coefficient (Wildman–Crippen LogP) is 1.78. The standard InChI is InChI=1S/C11H12BrN5O2/c1-16-7-14-11(15-16)6-13-5-8-2-3-9(17(18)19)4-10(8)12/h2-4,7,13H,5-6H2,1H3. The minimum absolute atomic E-state index is 0.0713. The molecule has 19 heavy (non-hydrogen) atoms. The Hall–Kier alpha value is -1.80. The molecule has 0 bridgehead atoms. The number of nitro groups is 1. The van der Waals surface area contributed by atoms with E-state index < -0.39 is 4.92 Å². The normalized spacial score (nSPS) is 10.6. The fraction of sp³-hybridized carbons (Fsp3) is 0.273. The van der Waals surface area contributed by atoms with E-state index in [4.69, 9.17) is 0 Å². The van der Waals surface area contributed by atoms with Gasteiger partial charge in [0.25, 0.3) is 5.69 Å². The van der Waals surface area contributed by atoms with E-state index in [9.17, 15) is 10.1 Å². The van der Waals surface area contributed by atoms with Gasteiger partial charge in [-0.15, -0.1) is 0 Å². The lowest BCUT2D eigenvalue weighted by atomic mass is 10.2. The second-order valence-electron chi connectivity index (χ2n) is 3.97. The number of hydrogen-bond donors (Lipinski definition) is 1. The molecular weight excluding hydrogens is 314 g/mol. The van der Waals surface area contributed by atoms with Gasteiger partial charge in [-0.2, -0.15) is 5.10 Å². The molecule has 0 spiro atoms. The summed E-state index contributed by atoms with van der Waals surface area (Å²) in [7, 11) is 1.81. The number of aromatic nitrogens is 3. The average molecular weight is 326 g/mol. The lowest BCUT2D eigenvalue weighted by Gasteiger charge is -2.05. The van der Waals surface area contributed by atoms with Gasteiger partial charge in [-0.1, -0.05) is 15.9 Å². The first-order valence-electron chi connectivity index (χ1n) is 5.54. The predicted molar refractivity (Wildman–Crippen MR) is 72.3 cm³/mol. The first-order valence-corrected chi connectivity index (χ1v) is 6.33. The van der Waals surface area contributed by atoms with E-state index in [0.29, 0.717) is 23.4 Å². The van der Waals surface area contributed by atoms with Crippen LogP contribution < -0.4 is 5.32 Å². The Balaban J connectivity index is 1.94. The van der Waals surface area contributed by atoms with Crippen molar-refractivity contribution in [3.63, 3.8) is 0 Å². The van der Waals surface area contributed by atoms with Crippen LogP contribution in [0.1, 0.15) is 11.4 Å². The molecule has 0 aliphatic carbocycles. The Morgan fingerprint density at radius 2 is 2.26 bits per heavy atom. The number of nitro benzene ring substituents is 1. The topological polar surface area (TPSA) is 85.9 Å². The fourth-order valence-corrected chi connectivity index (χ4v) is 2.07. The van der Waals surface area contributed by atoms with Crippen molar-refractivity contribution in [3.05, 3.63) is 50.5 Å². The number of aryl methyl sites for hydroxylation is 1. The van der Waals surface area contributed by atoms with Crippen molar-refractivity contribution in [2.75, 3.05) is 0 Å². The summed E-state index contributed by atoms with van der Waals surface area (Å²) in [4.78, 5) is 14.3. The van der Waals surface area contributed by atoms with Crippen LogP contribution in [-0.4, -0.2) is 19.7 Å². The van der Waals surface area contributed by atoms with Gasteiger partial charge in [0.15, 0.2) is 5.82 Å². The van der Waals surface area contributed by atoms with Gasteiger partial charge in [0.05, 0.1) is 11.5 Å². The molecule has 2 aromatic rings. The number of halogens is 1. The van der Waals surface area contributed by atoms with Crippen LogP contribution in [0.25, 0.3) is 0 Å². The number of benzene rings is 1. The monoisotopic (exact) mass is 325 g/mol. The van der Waals surface area contributed by atoms with Crippen molar-refractivity contribution < 1.29 is 4.92 Å². The molecule has 0 fully saturated rings. The van der Waals surface area contributed by atoms with Crippen LogP contribution in [0.4, 0.5) is 5.69 Å². The van der Waals surface area contributed by atoms with Gasteiger partial charge in [0.1, 0.15) is 6.33 Å². The van der Waals surface area contributed by atoms with Crippen LogP contribution in [0.2, 0.25) is 0 Å². The summed E-state index contributed by atoms with van der Waals surface area (Å²) in [5.41, 5.74) is 1.02. The molecule has 1 N–H and O–H groups in total. The highest BCUT2D eigenvalue weighted by Crippen LogP contribution is 2.22. The Labute approximate surface area is 117 Å². The molecule has 7 nitrogen and oxygen atoms in total. The quantitative estimate of drug-likeness (QED) is 0.668. The SMILES string of the molecule is Cn1cnc(CNCc2ccc([N+](=O)[O-])cc2Br)n1. The van der Waals surface area contributed by atoms with Crippen molar-refractivity contribution >= 4 is 21.6 Å².